The highest BCUT2D eigenvalue weighted by Gasteiger charge is 2.18. The number of halogens is 1. The lowest BCUT2D eigenvalue weighted by atomic mass is 9.98. The Kier molecular flexibility index (Phi) is 3.19. The summed E-state index contributed by atoms with van der Waals surface area (Å²) in [5, 5.41) is 8.81. The number of carboxylic acid groups (broad SMARTS) is 1. The molecule has 0 heterocycles. The molecule has 0 amide bonds. The fourth-order valence-corrected chi connectivity index (χ4v) is 1.30. The van der Waals surface area contributed by atoms with E-state index in [4.69, 9.17) is 10.8 Å². The minimum atomic E-state index is -1.15. The lowest BCUT2D eigenvalue weighted by molar-refractivity contribution is 0.0694. The van der Waals surface area contributed by atoms with Gasteiger partial charge in [0, 0.05) is 11.6 Å². The molecule has 4 heteroatoms. The SMILES string of the molecule is CC[C@H](N)c1c(F)cccc1C(=O)O. The standard InChI is InChI=1S/C10H12FNO2/c1-2-8(12)9-6(10(13)14)4-3-5-7(9)11/h3-5,8H,2,12H2,1H3,(H,13,14)/t8-/m0/s1. The third-order valence-electron chi connectivity index (χ3n) is 2.09. The monoisotopic (exact) mass is 197 g/mol. The van der Waals surface area contributed by atoms with E-state index in [-0.39, 0.29) is 11.1 Å². The second-order valence-electron chi connectivity index (χ2n) is 3.02. The van der Waals surface area contributed by atoms with Gasteiger partial charge in [0.2, 0.25) is 0 Å². The largest absolute Gasteiger partial charge is 0.478 e. The number of carboxylic acids is 1. The maximum absolute atomic E-state index is 13.3. The average molecular weight is 197 g/mol. The van der Waals surface area contributed by atoms with Gasteiger partial charge in [0.15, 0.2) is 0 Å². The van der Waals surface area contributed by atoms with Gasteiger partial charge in [-0.2, -0.15) is 0 Å². The van der Waals surface area contributed by atoms with Crippen LogP contribution in [0.3, 0.4) is 0 Å². The van der Waals surface area contributed by atoms with Crippen molar-refractivity contribution in [1.29, 1.82) is 0 Å². The molecule has 0 saturated heterocycles. The molecule has 1 atom stereocenters. The number of benzene rings is 1. The molecule has 14 heavy (non-hydrogen) atoms. The lowest BCUT2D eigenvalue weighted by Gasteiger charge is -2.13. The van der Waals surface area contributed by atoms with Crippen molar-refractivity contribution in [1.82, 2.24) is 0 Å². The molecule has 0 spiro atoms. The Morgan fingerprint density at radius 2 is 2.29 bits per heavy atom. The van der Waals surface area contributed by atoms with Gasteiger partial charge in [-0.05, 0) is 18.6 Å². The van der Waals surface area contributed by atoms with Crippen LogP contribution in [0.25, 0.3) is 0 Å². The number of aromatic carboxylic acids is 1. The first-order chi connectivity index (χ1) is 6.57. The summed E-state index contributed by atoms with van der Waals surface area (Å²) in [6.07, 6.45) is 0.501. The highest BCUT2D eigenvalue weighted by atomic mass is 19.1. The highest BCUT2D eigenvalue weighted by molar-refractivity contribution is 5.89. The Bertz CT molecular complexity index is 352. The van der Waals surface area contributed by atoms with Gasteiger partial charge in [0.1, 0.15) is 5.82 Å². The minimum Gasteiger partial charge on any atom is -0.478 e. The first-order valence-corrected chi connectivity index (χ1v) is 4.35. The molecule has 0 aliphatic carbocycles. The van der Waals surface area contributed by atoms with Gasteiger partial charge in [-0.15, -0.1) is 0 Å². The second kappa shape index (κ2) is 4.19. The lowest BCUT2D eigenvalue weighted by Crippen LogP contribution is -2.16. The molecule has 1 aromatic carbocycles. The Morgan fingerprint density at radius 3 is 2.79 bits per heavy atom. The van der Waals surface area contributed by atoms with Gasteiger partial charge >= 0.3 is 5.97 Å². The second-order valence-corrected chi connectivity index (χ2v) is 3.02. The third kappa shape index (κ3) is 1.90. The predicted molar refractivity (Wildman–Crippen MR) is 50.6 cm³/mol. The van der Waals surface area contributed by atoms with Gasteiger partial charge in [0.05, 0.1) is 5.56 Å². The summed E-state index contributed by atoms with van der Waals surface area (Å²) in [7, 11) is 0. The van der Waals surface area contributed by atoms with E-state index >= 15 is 0 Å². The third-order valence-corrected chi connectivity index (χ3v) is 2.09. The van der Waals surface area contributed by atoms with Crippen LogP contribution in [-0.4, -0.2) is 11.1 Å². The summed E-state index contributed by atoms with van der Waals surface area (Å²) in [5.74, 6) is -1.71. The van der Waals surface area contributed by atoms with E-state index in [1.807, 2.05) is 0 Å². The number of rotatable bonds is 3. The first kappa shape index (κ1) is 10.7. The van der Waals surface area contributed by atoms with E-state index in [2.05, 4.69) is 0 Å². The smallest absolute Gasteiger partial charge is 0.336 e. The number of hydrogen-bond donors (Lipinski definition) is 2. The van der Waals surface area contributed by atoms with Gasteiger partial charge in [-0.1, -0.05) is 13.0 Å². The topological polar surface area (TPSA) is 63.3 Å². The summed E-state index contributed by atoms with van der Waals surface area (Å²) in [4.78, 5) is 10.8. The number of nitrogens with two attached hydrogens (primary N) is 1. The molecule has 0 aromatic heterocycles. The van der Waals surface area contributed by atoms with E-state index in [0.29, 0.717) is 6.42 Å². The molecule has 0 unspecified atom stereocenters. The highest BCUT2D eigenvalue weighted by Crippen LogP contribution is 2.22. The van der Waals surface area contributed by atoms with Gasteiger partial charge in [-0.25, -0.2) is 9.18 Å². The zero-order chi connectivity index (χ0) is 10.7. The van der Waals surface area contributed by atoms with Crippen LogP contribution in [0.2, 0.25) is 0 Å². The zero-order valence-corrected chi connectivity index (χ0v) is 7.83. The molecule has 0 saturated carbocycles. The van der Waals surface area contributed by atoms with E-state index in [9.17, 15) is 9.18 Å². The molecule has 0 aliphatic heterocycles. The number of carbonyl (C=O) groups is 1. The van der Waals surface area contributed by atoms with Crippen molar-refractivity contribution in [2.45, 2.75) is 19.4 Å². The molecule has 0 fully saturated rings. The Morgan fingerprint density at radius 1 is 1.64 bits per heavy atom. The fourth-order valence-electron chi connectivity index (χ4n) is 1.30. The molecular weight excluding hydrogens is 185 g/mol. The summed E-state index contributed by atoms with van der Waals surface area (Å²) in [6, 6.07) is 3.38. The molecule has 0 aliphatic rings. The minimum absolute atomic E-state index is 0.0562. The molecule has 3 N–H and O–H groups in total. The van der Waals surface area contributed by atoms with Crippen LogP contribution in [0.4, 0.5) is 4.39 Å². The zero-order valence-electron chi connectivity index (χ0n) is 7.83. The van der Waals surface area contributed by atoms with E-state index < -0.39 is 17.8 Å². The van der Waals surface area contributed by atoms with Gasteiger partial charge in [0.25, 0.3) is 0 Å². The van der Waals surface area contributed by atoms with Crippen LogP contribution in [0.1, 0.15) is 35.3 Å². The molecule has 3 nitrogen and oxygen atoms in total. The molecule has 76 valence electrons. The van der Waals surface area contributed by atoms with Crippen LogP contribution in [0.15, 0.2) is 18.2 Å². The van der Waals surface area contributed by atoms with Crippen molar-refractivity contribution in [2.75, 3.05) is 0 Å². The summed E-state index contributed by atoms with van der Waals surface area (Å²) in [6.45, 7) is 1.78. The molecular formula is C10H12FNO2. The Labute approximate surface area is 81.4 Å². The van der Waals surface area contributed by atoms with Crippen molar-refractivity contribution in [3.63, 3.8) is 0 Å². The van der Waals surface area contributed by atoms with Crippen molar-refractivity contribution >= 4 is 5.97 Å². The molecule has 1 aromatic rings. The summed E-state index contributed by atoms with van der Waals surface area (Å²) >= 11 is 0. The van der Waals surface area contributed by atoms with Crippen molar-refractivity contribution in [2.24, 2.45) is 5.73 Å². The van der Waals surface area contributed by atoms with Crippen molar-refractivity contribution in [3.05, 3.63) is 35.1 Å². The normalized spacial score (nSPS) is 12.5. The maximum Gasteiger partial charge on any atom is 0.336 e. The predicted octanol–water partition coefficient (Wildman–Crippen LogP) is 1.93. The van der Waals surface area contributed by atoms with Crippen LogP contribution >= 0.6 is 0 Å². The molecule has 0 bridgehead atoms. The maximum atomic E-state index is 13.3. The summed E-state index contributed by atoms with van der Waals surface area (Å²) < 4.78 is 13.3. The Hall–Kier alpha value is -1.42. The van der Waals surface area contributed by atoms with Crippen molar-refractivity contribution < 1.29 is 14.3 Å². The van der Waals surface area contributed by atoms with Crippen LogP contribution < -0.4 is 5.73 Å². The first-order valence-electron chi connectivity index (χ1n) is 4.35. The van der Waals surface area contributed by atoms with Gasteiger partial charge in [-0.3, -0.25) is 0 Å². The van der Waals surface area contributed by atoms with Gasteiger partial charge < -0.3 is 10.8 Å². The van der Waals surface area contributed by atoms with Crippen LogP contribution in [0, 0.1) is 5.82 Å². The quantitative estimate of drug-likeness (QED) is 0.778. The van der Waals surface area contributed by atoms with Crippen molar-refractivity contribution in [3.8, 4) is 0 Å². The molecule has 1 rings (SSSR count). The number of hydrogen-bond acceptors (Lipinski definition) is 2. The fraction of sp³-hybridized carbons (Fsp3) is 0.300. The van der Waals surface area contributed by atoms with E-state index in [0.717, 1.165) is 0 Å². The average Bonchev–Trinajstić information content (AvgIpc) is 2.16. The van der Waals surface area contributed by atoms with E-state index in [1.165, 1.54) is 18.2 Å². The Balaban J connectivity index is 3.29. The van der Waals surface area contributed by atoms with E-state index in [1.54, 1.807) is 6.92 Å². The van der Waals surface area contributed by atoms with Crippen LogP contribution in [-0.2, 0) is 0 Å². The summed E-state index contributed by atoms with van der Waals surface area (Å²) in [5.41, 5.74) is 5.66. The molecule has 0 radical (unpaired) electrons. The van der Waals surface area contributed by atoms with Crippen LogP contribution in [0.5, 0.6) is 0 Å².